The zero-order valence-electron chi connectivity index (χ0n) is 11.7. The molecule has 1 saturated carbocycles. The standard InChI is InChI=1S/C15H24O4/c1-2-3-5-8-12(13(16)17)11-15(14(18)19)9-6-4-7-10-15/h8H,2-7,9-11H2,1H3,(H,16,17)(H,18,19). The summed E-state index contributed by atoms with van der Waals surface area (Å²) in [6.07, 6.45) is 8.56. The molecule has 0 unspecified atom stereocenters. The summed E-state index contributed by atoms with van der Waals surface area (Å²) in [5.41, 5.74) is -0.577. The van der Waals surface area contributed by atoms with Crippen molar-refractivity contribution in [1.82, 2.24) is 0 Å². The fourth-order valence-electron chi connectivity index (χ4n) is 2.77. The first-order valence-electron chi connectivity index (χ1n) is 7.17. The van der Waals surface area contributed by atoms with Crippen LogP contribution >= 0.6 is 0 Å². The first-order chi connectivity index (χ1) is 9.02. The van der Waals surface area contributed by atoms with E-state index in [2.05, 4.69) is 0 Å². The van der Waals surface area contributed by atoms with E-state index >= 15 is 0 Å². The van der Waals surface area contributed by atoms with E-state index < -0.39 is 17.4 Å². The average Bonchev–Trinajstić information content (AvgIpc) is 2.38. The molecule has 0 aromatic rings. The predicted octanol–water partition coefficient (Wildman–Crippen LogP) is 3.61. The molecule has 19 heavy (non-hydrogen) atoms. The summed E-state index contributed by atoms with van der Waals surface area (Å²) in [7, 11) is 0. The molecule has 4 nitrogen and oxygen atoms in total. The smallest absolute Gasteiger partial charge is 0.331 e. The Morgan fingerprint density at radius 3 is 2.26 bits per heavy atom. The van der Waals surface area contributed by atoms with E-state index in [0.717, 1.165) is 32.1 Å². The number of carboxylic acids is 2. The van der Waals surface area contributed by atoms with Gasteiger partial charge in [0.25, 0.3) is 0 Å². The molecule has 0 heterocycles. The molecule has 0 aliphatic heterocycles. The van der Waals surface area contributed by atoms with Gasteiger partial charge in [-0.2, -0.15) is 0 Å². The lowest BCUT2D eigenvalue weighted by molar-refractivity contribution is -0.151. The van der Waals surface area contributed by atoms with Crippen molar-refractivity contribution in [2.75, 3.05) is 0 Å². The van der Waals surface area contributed by atoms with Crippen molar-refractivity contribution in [2.45, 2.75) is 64.7 Å². The molecule has 0 bridgehead atoms. The number of allylic oxidation sites excluding steroid dienone is 1. The maximum atomic E-state index is 11.5. The summed E-state index contributed by atoms with van der Waals surface area (Å²) in [5.74, 6) is -1.81. The Kier molecular flexibility index (Phi) is 6.06. The van der Waals surface area contributed by atoms with Crippen molar-refractivity contribution in [3.05, 3.63) is 11.6 Å². The van der Waals surface area contributed by atoms with Crippen molar-refractivity contribution in [1.29, 1.82) is 0 Å². The molecule has 0 spiro atoms. The maximum Gasteiger partial charge on any atom is 0.331 e. The highest BCUT2D eigenvalue weighted by Gasteiger charge is 2.41. The van der Waals surface area contributed by atoms with Crippen LogP contribution in [-0.4, -0.2) is 22.2 Å². The van der Waals surface area contributed by atoms with Gasteiger partial charge in [0.15, 0.2) is 0 Å². The van der Waals surface area contributed by atoms with Crippen LogP contribution in [0, 0.1) is 5.41 Å². The van der Waals surface area contributed by atoms with Gasteiger partial charge in [0, 0.05) is 5.57 Å². The van der Waals surface area contributed by atoms with Gasteiger partial charge in [0.1, 0.15) is 0 Å². The molecular formula is C15H24O4. The van der Waals surface area contributed by atoms with Crippen molar-refractivity contribution in [2.24, 2.45) is 5.41 Å². The molecule has 108 valence electrons. The second kappa shape index (κ2) is 7.31. The number of carboxylic acid groups (broad SMARTS) is 2. The molecule has 0 saturated heterocycles. The molecule has 0 aromatic carbocycles. The van der Waals surface area contributed by atoms with Gasteiger partial charge in [-0.15, -0.1) is 0 Å². The highest BCUT2D eigenvalue weighted by atomic mass is 16.4. The summed E-state index contributed by atoms with van der Waals surface area (Å²) < 4.78 is 0. The third kappa shape index (κ3) is 4.37. The van der Waals surface area contributed by atoms with Crippen LogP contribution < -0.4 is 0 Å². The monoisotopic (exact) mass is 268 g/mol. The van der Waals surface area contributed by atoms with Gasteiger partial charge in [-0.25, -0.2) is 4.79 Å². The molecule has 0 atom stereocenters. The third-order valence-corrected chi connectivity index (χ3v) is 4.02. The minimum Gasteiger partial charge on any atom is -0.481 e. The summed E-state index contributed by atoms with van der Waals surface area (Å²) >= 11 is 0. The molecule has 2 N–H and O–H groups in total. The van der Waals surface area contributed by atoms with Gasteiger partial charge in [-0.1, -0.05) is 45.1 Å². The van der Waals surface area contributed by atoms with E-state index in [1.54, 1.807) is 6.08 Å². The largest absolute Gasteiger partial charge is 0.481 e. The molecule has 1 aliphatic carbocycles. The first kappa shape index (κ1) is 15.7. The molecule has 0 radical (unpaired) electrons. The van der Waals surface area contributed by atoms with Crippen molar-refractivity contribution < 1.29 is 19.8 Å². The second-order valence-corrected chi connectivity index (χ2v) is 5.50. The van der Waals surface area contributed by atoms with Crippen LogP contribution in [0.1, 0.15) is 64.7 Å². The van der Waals surface area contributed by atoms with Crippen molar-refractivity contribution in [3.8, 4) is 0 Å². The molecule has 0 aromatic heterocycles. The molecule has 4 heteroatoms. The minimum absolute atomic E-state index is 0.168. The lowest BCUT2D eigenvalue weighted by Crippen LogP contribution is -2.34. The van der Waals surface area contributed by atoms with Gasteiger partial charge < -0.3 is 10.2 Å². The van der Waals surface area contributed by atoms with Gasteiger partial charge in [0.05, 0.1) is 5.41 Å². The van der Waals surface area contributed by atoms with Crippen LogP contribution in [0.5, 0.6) is 0 Å². The Bertz CT molecular complexity index is 351. The topological polar surface area (TPSA) is 74.6 Å². The van der Waals surface area contributed by atoms with Crippen LogP contribution in [0.3, 0.4) is 0 Å². The predicted molar refractivity (Wildman–Crippen MR) is 73.0 cm³/mol. The Morgan fingerprint density at radius 2 is 1.79 bits per heavy atom. The third-order valence-electron chi connectivity index (χ3n) is 4.02. The van der Waals surface area contributed by atoms with Crippen molar-refractivity contribution in [3.63, 3.8) is 0 Å². The van der Waals surface area contributed by atoms with E-state index in [9.17, 15) is 19.8 Å². The number of hydrogen-bond acceptors (Lipinski definition) is 2. The second-order valence-electron chi connectivity index (χ2n) is 5.50. The van der Waals surface area contributed by atoms with Gasteiger partial charge in [0.2, 0.25) is 0 Å². The quantitative estimate of drug-likeness (QED) is 0.546. The Balaban J connectivity index is 2.82. The lowest BCUT2D eigenvalue weighted by Gasteiger charge is -2.33. The fourth-order valence-corrected chi connectivity index (χ4v) is 2.77. The highest BCUT2D eigenvalue weighted by Crippen LogP contribution is 2.41. The summed E-state index contributed by atoms with van der Waals surface area (Å²) in [5, 5.41) is 18.7. The SMILES string of the molecule is CCCCC=C(CC1(C(=O)O)CCCCC1)C(=O)O. The molecule has 1 aliphatic rings. The highest BCUT2D eigenvalue weighted by molar-refractivity contribution is 5.88. The zero-order valence-corrected chi connectivity index (χ0v) is 11.7. The number of unbranched alkanes of at least 4 members (excludes halogenated alkanes) is 2. The van der Waals surface area contributed by atoms with Crippen LogP contribution in [0.15, 0.2) is 11.6 Å². The normalized spacial score (nSPS) is 19.1. The lowest BCUT2D eigenvalue weighted by atomic mass is 9.70. The van der Waals surface area contributed by atoms with E-state index in [0.29, 0.717) is 19.3 Å². The van der Waals surface area contributed by atoms with Gasteiger partial charge in [-0.05, 0) is 25.7 Å². The number of aliphatic carboxylic acids is 2. The molecule has 0 amide bonds. The van der Waals surface area contributed by atoms with Crippen LogP contribution in [-0.2, 0) is 9.59 Å². The summed E-state index contributed by atoms with van der Waals surface area (Å²) in [6.45, 7) is 2.05. The van der Waals surface area contributed by atoms with Crippen LogP contribution in [0.25, 0.3) is 0 Å². The van der Waals surface area contributed by atoms with E-state index in [1.807, 2.05) is 6.92 Å². The zero-order chi connectivity index (χ0) is 14.3. The average molecular weight is 268 g/mol. The summed E-state index contributed by atoms with van der Waals surface area (Å²) in [4.78, 5) is 22.8. The molecule has 1 fully saturated rings. The number of carbonyl (C=O) groups is 2. The number of rotatable bonds is 7. The van der Waals surface area contributed by atoms with E-state index in [-0.39, 0.29) is 12.0 Å². The molecule has 1 rings (SSSR count). The summed E-state index contributed by atoms with van der Waals surface area (Å²) in [6, 6.07) is 0. The number of hydrogen-bond donors (Lipinski definition) is 2. The Morgan fingerprint density at radius 1 is 1.16 bits per heavy atom. The van der Waals surface area contributed by atoms with Crippen molar-refractivity contribution >= 4 is 11.9 Å². The van der Waals surface area contributed by atoms with E-state index in [1.165, 1.54) is 0 Å². The van der Waals surface area contributed by atoms with Crippen LogP contribution in [0.4, 0.5) is 0 Å². The fraction of sp³-hybridized carbons (Fsp3) is 0.733. The van der Waals surface area contributed by atoms with Gasteiger partial charge >= 0.3 is 11.9 Å². The maximum absolute atomic E-state index is 11.5. The Hall–Kier alpha value is -1.32. The minimum atomic E-state index is -0.970. The van der Waals surface area contributed by atoms with E-state index in [4.69, 9.17) is 0 Å². The van der Waals surface area contributed by atoms with Gasteiger partial charge in [-0.3, -0.25) is 4.79 Å². The van der Waals surface area contributed by atoms with Crippen LogP contribution in [0.2, 0.25) is 0 Å². The first-order valence-corrected chi connectivity index (χ1v) is 7.17. The molecular weight excluding hydrogens is 244 g/mol. The Labute approximate surface area is 114 Å².